The van der Waals surface area contributed by atoms with Gasteiger partial charge < -0.3 is 5.73 Å². The Balaban J connectivity index is 2.07. The van der Waals surface area contributed by atoms with Gasteiger partial charge in [-0.15, -0.1) is 11.3 Å². The zero-order chi connectivity index (χ0) is 11.5. The summed E-state index contributed by atoms with van der Waals surface area (Å²) >= 11 is 7.48. The second-order valence-corrected chi connectivity index (χ2v) is 7.32. The molecule has 1 unspecified atom stereocenters. The molecule has 16 heavy (non-hydrogen) atoms. The highest BCUT2D eigenvalue weighted by atomic mass is 127. The predicted molar refractivity (Wildman–Crippen MR) is 81.8 cm³/mol. The van der Waals surface area contributed by atoms with Gasteiger partial charge in [0.1, 0.15) is 0 Å². The smallest absolute Gasteiger partial charge is 0.0701 e. The van der Waals surface area contributed by atoms with E-state index in [1.54, 1.807) is 11.3 Å². The lowest BCUT2D eigenvalue weighted by Crippen LogP contribution is -2.11. The summed E-state index contributed by atoms with van der Waals surface area (Å²) in [6, 6.07) is 12.8. The van der Waals surface area contributed by atoms with Crippen molar-refractivity contribution < 1.29 is 0 Å². The van der Waals surface area contributed by atoms with Gasteiger partial charge in [0.25, 0.3) is 0 Å². The molecule has 1 atom stereocenters. The van der Waals surface area contributed by atoms with Gasteiger partial charge in [-0.05, 0) is 74.8 Å². The molecule has 1 nitrogen and oxygen atoms in total. The van der Waals surface area contributed by atoms with Crippen molar-refractivity contribution in [1.82, 2.24) is 0 Å². The first kappa shape index (κ1) is 12.5. The van der Waals surface area contributed by atoms with Crippen LogP contribution in [0, 0.1) is 3.57 Å². The molecule has 2 rings (SSSR count). The van der Waals surface area contributed by atoms with E-state index in [0.717, 1.165) is 10.2 Å². The van der Waals surface area contributed by atoms with Crippen LogP contribution >= 0.6 is 49.9 Å². The molecule has 0 amide bonds. The van der Waals surface area contributed by atoms with Crippen LogP contribution in [-0.4, -0.2) is 0 Å². The van der Waals surface area contributed by atoms with Crippen molar-refractivity contribution in [3.8, 4) is 0 Å². The van der Waals surface area contributed by atoms with Crippen LogP contribution in [0.2, 0.25) is 0 Å². The molecule has 1 aromatic carbocycles. The van der Waals surface area contributed by atoms with Gasteiger partial charge in [0.15, 0.2) is 0 Å². The second kappa shape index (κ2) is 5.62. The number of benzene rings is 1. The van der Waals surface area contributed by atoms with Crippen LogP contribution < -0.4 is 5.73 Å². The summed E-state index contributed by atoms with van der Waals surface area (Å²) in [5.74, 6) is 0. The summed E-state index contributed by atoms with van der Waals surface area (Å²) in [6.45, 7) is 0. The van der Waals surface area contributed by atoms with Crippen LogP contribution in [0.15, 0.2) is 40.2 Å². The first-order chi connectivity index (χ1) is 7.65. The summed E-state index contributed by atoms with van der Waals surface area (Å²) < 4.78 is 2.40. The minimum atomic E-state index is 0.0939. The summed E-state index contributed by atoms with van der Waals surface area (Å²) in [7, 11) is 0. The van der Waals surface area contributed by atoms with Crippen molar-refractivity contribution in [3.63, 3.8) is 0 Å². The molecular formula is C12H11BrINS. The van der Waals surface area contributed by atoms with Gasteiger partial charge in [0.05, 0.1) is 3.79 Å². The Hall–Kier alpha value is 0.0900. The van der Waals surface area contributed by atoms with Gasteiger partial charge in [0, 0.05) is 14.5 Å². The molecule has 0 saturated carbocycles. The van der Waals surface area contributed by atoms with Gasteiger partial charge in [-0.2, -0.15) is 0 Å². The quantitative estimate of drug-likeness (QED) is 0.751. The zero-order valence-electron chi connectivity index (χ0n) is 8.49. The Labute approximate surface area is 121 Å². The molecule has 0 aliphatic carbocycles. The first-order valence-electron chi connectivity index (χ1n) is 4.90. The molecule has 4 heteroatoms. The van der Waals surface area contributed by atoms with Crippen molar-refractivity contribution >= 4 is 49.9 Å². The normalized spacial score (nSPS) is 12.7. The minimum Gasteiger partial charge on any atom is -0.323 e. The predicted octanol–water partition coefficient (Wildman–Crippen LogP) is 4.36. The maximum Gasteiger partial charge on any atom is 0.0701 e. The van der Waals surface area contributed by atoms with E-state index in [-0.39, 0.29) is 6.04 Å². The van der Waals surface area contributed by atoms with Gasteiger partial charge in [-0.3, -0.25) is 0 Å². The lowest BCUT2D eigenvalue weighted by Gasteiger charge is -2.09. The van der Waals surface area contributed by atoms with Crippen molar-refractivity contribution in [1.29, 1.82) is 0 Å². The fraction of sp³-hybridized carbons (Fsp3) is 0.167. The van der Waals surface area contributed by atoms with Crippen LogP contribution in [0.1, 0.15) is 16.5 Å². The molecule has 1 heterocycles. The molecule has 0 aliphatic heterocycles. The summed E-state index contributed by atoms with van der Waals surface area (Å²) in [5.41, 5.74) is 7.46. The number of thiophene rings is 1. The van der Waals surface area contributed by atoms with Gasteiger partial charge in [-0.1, -0.05) is 12.1 Å². The van der Waals surface area contributed by atoms with E-state index >= 15 is 0 Å². The Bertz CT molecular complexity index is 466. The van der Waals surface area contributed by atoms with Crippen molar-refractivity contribution in [2.75, 3.05) is 0 Å². The van der Waals surface area contributed by atoms with Crippen LogP contribution in [0.3, 0.4) is 0 Å². The Morgan fingerprint density at radius 3 is 2.44 bits per heavy atom. The van der Waals surface area contributed by atoms with Crippen LogP contribution in [0.4, 0.5) is 0 Å². The average Bonchev–Trinajstić information content (AvgIpc) is 2.68. The highest BCUT2D eigenvalue weighted by Crippen LogP contribution is 2.27. The third kappa shape index (κ3) is 3.29. The van der Waals surface area contributed by atoms with E-state index in [1.807, 2.05) is 6.07 Å². The minimum absolute atomic E-state index is 0.0939. The first-order valence-corrected chi connectivity index (χ1v) is 7.59. The van der Waals surface area contributed by atoms with E-state index < -0.39 is 0 Å². The van der Waals surface area contributed by atoms with Gasteiger partial charge in [-0.25, -0.2) is 0 Å². The number of hydrogen-bond acceptors (Lipinski definition) is 2. The van der Waals surface area contributed by atoms with Gasteiger partial charge in [0.2, 0.25) is 0 Å². The standard InChI is InChI=1S/C12H11BrINS/c13-12-6-5-11(16-12)10(15)7-8-1-3-9(14)4-2-8/h1-6,10H,7,15H2. The summed E-state index contributed by atoms with van der Waals surface area (Å²) in [5, 5.41) is 0. The number of hydrogen-bond donors (Lipinski definition) is 1. The highest BCUT2D eigenvalue weighted by molar-refractivity contribution is 14.1. The Morgan fingerprint density at radius 2 is 1.88 bits per heavy atom. The molecule has 2 N–H and O–H groups in total. The van der Waals surface area contributed by atoms with Gasteiger partial charge >= 0.3 is 0 Å². The van der Waals surface area contributed by atoms with E-state index in [1.165, 1.54) is 14.0 Å². The van der Waals surface area contributed by atoms with Crippen LogP contribution in [0.5, 0.6) is 0 Å². The van der Waals surface area contributed by atoms with Crippen LogP contribution in [-0.2, 0) is 6.42 Å². The SMILES string of the molecule is NC(Cc1ccc(I)cc1)c1ccc(Br)s1. The molecule has 0 aliphatic rings. The van der Waals surface area contributed by atoms with Crippen molar-refractivity contribution in [3.05, 3.63) is 54.2 Å². The summed E-state index contributed by atoms with van der Waals surface area (Å²) in [4.78, 5) is 1.23. The fourth-order valence-corrected chi connectivity index (χ4v) is 3.29. The van der Waals surface area contributed by atoms with Crippen LogP contribution in [0.25, 0.3) is 0 Å². The highest BCUT2D eigenvalue weighted by Gasteiger charge is 2.09. The molecule has 0 bridgehead atoms. The second-order valence-electron chi connectivity index (χ2n) is 3.58. The molecule has 0 radical (unpaired) electrons. The maximum atomic E-state index is 6.17. The molecule has 1 aromatic heterocycles. The monoisotopic (exact) mass is 407 g/mol. The molecule has 0 fully saturated rings. The zero-order valence-corrected chi connectivity index (χ0v) is 13.1. The van der Waals surface area contributed by atoms with Crippen molar-refractivity contribution in [2.24, 2.45) is 5.73 Å². The van der Waals surface area contributed by atoms with E-state index in [4.69, 9.17) is 5.73 Å². The lowest BCUT2D eigenvalue weighted by atomic mass is 10.1. The summed E-state index contributed by atoms with van der Waals surface area (Å²) in [6.07, 6.45) is 0.893. The molecule has 0 saturated heterocycles. The third-order valence-electron chi connectivity index (χ3n) is 2.33. The van der Waals surface area contributed by atoms with E-state index in [0.29, 0.717) is 0 Å². The lowest BCUT2D eigenvalue weighted by molar-refractivity contribution is 0.736. The number of nitrogens with two attached hydrogens (primary N) is 1. The molecule has 0 spiro atoms. The van der Waals surface area contributed by atoms with E-state index in [9.17, 15) is 0 Å². The Kier molecular flexibility index (Phi) is 4.41. The topological polar surface area (TPSA) is 26.0 Å². The largest absolute Gasteiger partial charge is 0.323 e. The van der Waals surface area contributed by atoms with Crippen molar-refractivity contribution in [2.45, 2.75) is 12.5 Å². The van der Waals surface area contributed by atoms with E-state index in [2.05, 4.69) is 68.9 Å². The third-order valence-corrected chi connectivity index (χ3v) is 4.80. The maximum absolute atomic E-state index is 6.17. The Morgan fingerprint density at radius 1 is 1.19 bits per heavy atom. The molecular weight excluding hydrogens is 397 g/mol. The fourth-order valence-electron chi connectivity index (χ4n) is 1.50. The molecule has 2 aromatic rings. The molecule has 84 valence electrons. The number of halogens is 2. The number of rotatable bonds is 3. The average molecular weight is 408 g/mol.